The third kappa shape index (κ3) is 3.85. The summed E-state index contributed by atoms with van der Waals surface area (Å²) in [5.74, 6) is -0.428. The number of hydrogen-bond acceptors (Lipinski definition) is 6. The highest BCUT2D eigenvalue weighted by Gasteiger charge is 2.19. The van der Waals surface area contributed by atoms with Crippen molar-refractivity contribution in [1.29, 1.82) is 0 Å². The van der Waals surface area contributed by atoms with Crippen molar-refractivity contribution in [2.75, 3.05) is 19.5 Å². The lowest BCUT2D eigenvalue weighted by Crippen LogP contribution is -2.26. The summed E-state index contributed by atoms with van der Waals surface area (Å²) in [6, 6.07) is 8.71. The topological polar surface area (TPSA) is 81.9 Å². The van der Waals surface area contributed by atoms with E-state index in [0.29, 0.717) is 32.7 Å². The number of thiazole rings is 1. The van der Waals surface area contributed by atoms with Gasteiger partial charge in [0.2, 0.25) is 0 Å². The molecule has 0 saturated carbocycles. The first-order valence-corrected chi connectivity index (χ1v) is 10.2. The zero-order chi connectivity index (χ0) is 22.1. The predicted octanol–water partition coefficient (Wildman–Crippen LogP) is 4.49. The molecule has 0 aliphatic carbocycles. The quantitative estimate of drug-likeness (QED) is 0.475. The summed E-state index contributed by atoms with van der Waals surface area (Å²) in [6.07, 6.45) is 1.22. The van der Waals surface area contributed by atoms with E-state index in [2.05, 4.69) is 10.3 Å². The fraction of sp³-hybridized carbons (Fsp3) is 0.0952. The second kappa shape index (κ2) is 8.37. The van der Waals surface area contributed by atoms with Crippen LogP contribution < -0.4 is 20.3 Å². The van der Waals surface area contributed by atoms with Crippen molar-refractivity contribution in [3.63, 3.8) is 0 Å². The summed E-state index contributed by atoms with van der Waals surface area (Å²) >= 11 is 7.33. The molecular weight excluding hydrogens is 445 g/mol. The lowest BCUT2D eigenvalue weighted by Gasteiger charge is -2.13. The highest BCUT2D eigenvalue weighted by atomic mass is 35.5. The minimum absolute atomic E-state index is 0.171. The van der Waals surface area contributed by atoms with Gasteiger partial charge in [-0.1, -0.05) is 11.6 Å². The molecule has 31 heavy (non-hydrogen) atoms. The molecule has 0 atom stereocenters. The lowest BCUT2D eigenvalue weighted by molar-refractivity contribution is 0.102. The van der Waals surface area contributed by atoms with Crippen LogP contribution in [0.3, 0.4) is 0 Å². The highest BCUT2D eigenvalue weighted by Crippen LogP contribution is 2.36. The van der Waals surface area contributed by atoms with Crippen LogP contribution in [0.5, 0.6) is 11.5 Å². The molecule has 158 valence electrons. The Hall–Kier alpha value is -3.43. The largest absolute Gasteiger partial charge is 0.495 e. The van der Waals surface area contributed by atoms with Crippen LogP contribution in [0.25, 0.3) is 16.2 Å². The molecule has 2 heterocycles. The molecule has 2 aromatic heterocycles. The first kappa shape index (κ1) is 20.8. The third-order valence-corrected chi connectivity index (χ3v) is 5.69. The molecule has 10 heteroatoms. The molecule has 4 rings (SSSR count). The molecular formula is C21H15ClFN3O4S. The van der Waals surface area contributed by atoms with Crippen molar-refractivity contribution < 1.29 is 18.7 Å². The van der Waals surface area contributed by atoms with Gasteiger partial charge in [0.15, 0.2) is 4.96 Å². The smallest absolute Gasteiger partial charge is 0.271 e. The van der Waals surface area contributed by atoms with Crippen LogP contribution in [0, 0.1) is 5.82 Å². The molecule has 0 aliphatic rings. The molecule has 0 radical (unpaired) electrons. The number of amides is 1. The Morgan fingerprint density at radius 1 is 1.16 bits per heavy atom. The standard InChI is InChI=1S/C21H15ClFN3O4S/c1-29-17-8-15(18(30-2)7-14(17)22)25-19(27)13-9-24-21-26(20(13)28)16(10-31-21)11-3-5-12(23)6-4-11/h3-10H,1-2H3,(H,25,27). The molecule has 0 unspecified atom stereocenters. The molecule has 0 saturated heterocycles. The van der Waals surface area contributed by atoms with E-state index in [-0.39, 0.29) is 17.1 Å². The molecule has 0 fully saturated rings. The van der Waals surface area contributed by atoms with Crippen molar-refractivity contribution in [2.24, 2.45) is 0 Å². The van der Waals surface area contributed by atoms with Gasteiger partial charge in [0, 0.05) is 23.7 Å². The van der Waals surface area contributed by atoms with E-state index in [4.69, 9.17) is 21.1 Å². The summed E-state index contributed by atoms with van der Waals surface area (Å²) in [5.41, 5.74) is 0.691. The van der Waals surface area contributed by atoms with Gasteiger partial charge in [0.05, 0.1) is 30.6 Å². The SMILES string of the molecule is COc1cc(NC(=O)c2cnc3scc(-c4ccc(F)cc4)n3c2=O)c(OC)cc1Cl. The first-order valence-electron chi connectivity index (χ1n) is 8.91. The lowest BCUT2D eigenvalue weighted by atomic mass is 10.1. The van der Waals surface area contributed by atoms with Gasteiger partial charge >= 0.3 is 0 Å². The number of methoxy groups -OCH3 is 2. The first-order chi connectivity index (χ1) is 14.9. The van der Waals surface area contributed by atoms with Gasteiger partial charge in [0.1, 0.15) is 22.9 Å². The number of rotatable bonds is 5. The number of nitrogens with zero attached hydrogens (tertiary/aromatic N) is 2. The molecule has 0 aliphatic heterocycles. The van der Waals surface area contributed by atoms with Crippen LogP contribution in [0.1, 0.15) is 10.4 Å². The highest BCUT2D eigenvalue weighted by molar-refractivity contribution is 7.15. The maximum atomic E-state index is 13.3. The van der Waals surface area contributed by atoms with Crippen LogP contribution in [-0.2, 0) is 0 Å². The van der Waals surface area contributed by atoms with Crippen LogP contribution >= 0.6 is 22.9 Å². The van der Waals surface area contributed by atoms with E-state index < -0.39 is 11.5 Å². The maximum Gasteiger partial charge on any atom is 0.271 e. The van der Waals surface area contributed by atoms with Crippen molar-refractivity contribution in [3.8, 4) is 22.8 Å². The van der Waals surface area contributed by atoms with Gasteiger partial charge in [-0.15, -0.1) is 11.3 Å². The van der Waals surface area contributed by atoms with E-state index in [0.717, 1.165) is 0 Å². The predicted molar refractivity (Wildman–Crippen MR) is 117 cm³/mol. The Kier molecular flexibility index (Phi) is 5.62. The number of carbonyl (C=O) groups is 1. The number of benzene rings is 2. The van der Waals surface area contributed by atoms with Crippen LogP contribution in [-0.4, -0.2) is 29.5 Å². The van der Waals surface area contributed by atoms with E-state index in [9.17, 15) is 14.0 Å². The van der Waals surface area contributed by atoms with Crippen LogP contribution in [0.2, 0.25) is 5.02 Å². The van der Waals surface area contributed by atoms with Crippen LogP contribution in [0.4, 0.5) is 10.1 Å². The monoisotopic (exact) mass is 459 g/mol. The minimum atomic E-state index is -0.675. The maximum absolute atomic E-state index is 13.3. The summed E-state index contributed by atoms with van der Waals surface area (Å²) < 4.78 is 25.0. The average Bonchev–Trinajstić information content (AvgIpc) is 3.20. The Balaban J connectivity index is 1.76. The number of fused-ring (bicyclic) bond motifs is 1. The number of aromatic nitrogens is 2. The molecule has 4 aromatic rings. The fourth-order valence-electron chi connectivity index (χ4n) is 3.02. The average molecular weight is 460 g/mol. The second-order valence-corrected chi connectivity index (χ2v) is 7.61. The minimum Gasteiger partial charge on any atom is -0.495 e. The molecule has 1 N–H and O–H groups in total. The van der Waals surface area contributed by atoms with E-state index >= 15 is 0 Å². The molecule has 2 aromatic carbocycles. The molecule has 0 spiro atoms. The summed E-state index contributed by atoms with van der Waals surface area (Å²) in [5, 5.41) is 4.68. The van der Waals surface area contributed by atoms with Crippen molar-refractivity contribution >= 4 is 39.5 Å². The summed E-state index contributed by atoms with van der Waals surface area (Å²) in [6.45, 7) is 0. The number of nitrogens with one attached hydrogen (secondary N) is 1. The summed E-state index contributed by atoms with van der Waals surface area (Å²) in [7, 11) is 2.87. The Morgan fingerprint density at radius 3 is 2.55 bits per heavy atom. The van der Waals surface area contributed by atoms with Gasteiger partial charge < -0.3 is 14.8 Å². The number of halogens is 2. The van der Waals surface area contributed by atoms with Gasteiger partial charge in [-0.05, 0) is 29.8 Å². The van der Waals surface area contributed by atoms with Crippen molar-refractivity contribution in [2.45, 2.75) is 0 Å². The number of hydrogen-bond donors (Lipinski definition) is 1. The molecule has 1 amide bonds. The van der Waals surface area contributed by atoms with E-state index in [1.807, 2.05) is 0 Å². The van der Waals surface area contributed by atoms with Crippen LogP contribution in [0.15, 0.2) is 52.8 Å². The van der Waals surface area contributed by atoms with Crippen molar-refractivity contribution in [3.05, 3.63) is 74.7 Å². The van der Waals surface area contributed by atoms with Gasteiger partial charge in [-0.25, -0.2) is 9.37 Å². The number of anilines is 1. The van der Waals surface area contributed by atoms with Gasteiger partial charge in [-0.2, -0.15) is 0 Å². The Morgan fingerprint density at radius 2 is 1.87 bits per heavy atom. The third-order valence-electron chi connectivity index (χ3n) is 4.55. The van der Waals surface area contributed by atoms with E-state index in [1.165, 1.54) is 60.4 Å². The second-order valence-electron chi connectivity index (χ2n) is 6.36. The van der Waals surface area contributed by atoms with E-state index in [1.54, 1.807) is 17.5 Å². The Bertz CT molecular complexity index is 1350. The van der Waals surface area contributed by atoms with Gasteiger partial charge in [0.25, 0.3) is 11.5 Å². The van der Waals surface area contributed by atoms with Gasteiger partial charge in [-0.3, -0.25) is 14.0 Å². The Labute approximate surface area is 184 Å². The van der Waals surface area contributed by atoms with Crippen molar-refractivity contribution in [1.82, 2.24) is 9.38 Å². The zero-order valence-electron chi connectivity index (χ0n) is 16.3. The number of ether oxygens (including phenoxy) is 2. The number of carbonyl (C=O) groups excluding carboxylic acids is 1. The normalized spacial score (nSPS) is 10.8. The zero-order valence-corrected chi connectivity index (χ0v) is 17.9. The summed E-state index contributed by atoms with van der Waals surface area (Å²) in [4.78, 5) is 30.7. The molecule has 0 bridgehead atoms. The molecule has 7 nitrogen and oxygen atoms in total. The fourth-order valence-corrected chi connectivity index (χ4v) is 4.11.